The molecule has 1 aliphatic heterocycles. The third kappa shape index (κ3) is 4.31. The molecule has 1 heterocycles. The highest BCUT2D eigenvalue weighted by atomic mass is 32.2. The minimum atomic E-state index is -1.29. The Morgan fingerprint density at radius 1 is 1.54 bits per heavy atom. The number of carbonyl (C=O) groups excluding carboxylic acids is 2. The molecule has 0 bridgehead atoms. The first-order valence-electron chi connectivity index (χ1n) is 7.09. The van der Waals surface area contributed by atoms with Crippen LogP contribution in [0.25, 0.3) is 6.08 Å². The van der Waals surface area contributed by atoms with E-state index in [0.29, 0.717) is 22.8 Å². The van der Waals surface area contributed by atoms with Gasteiger partial charge in [0.05, 0.1) is 24.0 Å². The lowest BCUT2D eigenvalue weighted by atomic mass is 10.1. The van der Waals surface area contributed by atoms with Crippen LogP contribution in [-0.2, 0) is 9.59 Å². The van der Waals surface area contributed by atoms with Crippen LogP contribution in [0, 0.1) is 0 Å². The molecule has 0 unspecified atom stereocenters. The second-order valence-corrected chi connectivity index (χ2v) is 7.61. The van der Waals surface area contributed by atoms with Gasteiger partial charge in [0, 0.05) is 0 Å². The minimum absolute atomic E-state index is 0.240. The van der Waals surface area contributed by atoms with Gasteiger partial charge in [0.15, 0.2) is 0 Å². The van der Waals surface area contributed by atoms with Crippen LogP contribution in [0.4, 0.5) is 0 Å². The van der Waals surface area contributed by atoms with E-state index in [-0.39, 0.29) is 4.32 Å². The first-order chi connectivity index (χ1) is 11.5. The average Bonchev–Trinajstić information content (AvgIpc) is 2.82. The largest absolute Gasteiger partial charge is 0.548 e. The maximum atomic E-state index is 12.6. The topological polar surface area (TPSA) is 69.7 Å². The summed E-state index contributed by atoms with van der Waals surface area (Å²) in [5.41, 5.74) is 0.781. The molecule has 1 aromatic rings. The quantitative estimate of drug-likeness (QED) is 0.526. The van der Waals surface area contributed by atoms with Crippen molar-refractivity contribution in [2.75, 3.05) is 19.1 Å². The first kappa shape index (κ1) is 18.8. The lowest BCUT2D eigenvalue weighted by Crippen LogP contribution is -2.50. The molecule has 1 aromatic carbocycles. The number of benzene rings is 1. The number of ether oxygens (including phenoxy) is 1. The number of hydrogen-bond donors (Lipinski definition) is 0. The van der Waals surface area contributed by atoms with Gasteiger partial charge >= 0.3 is 0 Å². The Bertz CT molecular complexity index is 690. The van der Waals surface area contributed by atoms with Gasteiger partial charge in [-0.2, -0.15) is 11.8 Å². The predicted molar refractivity (Wildman–Crippen MR) is 99.8 cm³/mol. The number of rotatable bonds is 7. The molecule has 0 radical (unpaired) electrons. The molecule has 0 aliphatic carbocycles. The molecule has 1 aliphatic rings. The Morgan fingerprint density at radius 3 is 2.92 bits per heavy atom. The van der Waals surface area contributed by atoms with E-state index in [1.807, 2.05) is 18.4 Å². The van der Waals surface area contributed by atoms with E-state index in [1.54, 1.807) is 25.3 Å². The van der Waals surface area contributed by atoms with Gasteiger partial charge in [0.2, 0.25) is 0 Å². The summed E-state index contributed by atoms with van der Waals surface area (Å²) in [4.78, 5) is 25.6. The Morgan fingerprint density at radius 2 is 2.29 bits per heavy atom. The third-order valence-electron chi connectivity index (χ3n) is 3.39. The SMILES string of the molecule is COc1cccc(/C=C2\SC(=S)N([C@H](CCSC)C(=O)[O-])C2=O)c1. The second kappa shape index (κ2) is 8.55. The van der Waals surface area contributed by atoms with E-state index in [1.165, 1.54) is 11.8 Å². The molecule has 1 saturated heterocycles. The maximum Gasteiger partial charge on any atom is 0.266 e. The molecular weight excluding hydrogens is 366 g/mol. The number of hydrogen-bond acceptors (Lipinski definition) is 7. The Labute approximate surface area is 154 Å². The van der Waals surface area contributed by atoms with Crippen molar-refractivity contribution in [2.24, 2.45) is 0 Å². The number of aliphatic carboxylic acids is 1. The zero-order valence-electron chi connectivity index (χ0n) is 13.2. The van der Waals surface area contributed by atoms with Crippen molar-refractivity contribution < 1.29 is 19.4 Å². The van der Waals surface area contributed by atoms with Crippen LogP contribution in [0.2, 0.25) is 0 Å². The molecule has 1 amide bonds. The number of amides is 1. The Balaban J connectivity index is 2.26. The number of methoxy groups -OCH3 is 1. The summed E-state index contributed by atoms with van der Waals surface area (Å²) >= 11 is 7.82. The van der Waals surface area contributed by atoms with Gasteiger partial charge in [-0.05, 0) is 42.2 Å². The highest BCUT2D eigenvalue weighted by Gasteiger charge is 2.37. The molecule has 0 aromatic heterocycles. The van der Waals surface area contributed by atoms with Crippen molar-refractivity contribution in [2.45, 2.75) is 12.5 Å². The summed E-state index contributed by atoms with van der Waals surface area (Å²) in [6.07, 6.45) is 3.85. The van der Waals surface area contributed by atoms with E-state index < -0.39 is 17.9 Å². The van der Waals surface area contributed by atoms with Crippen molar-refractivity contribution in [1.82, 2.24) is 4.90 Å². The van der Waals surface area contributed by atoms with Crippen molar-refractivity contribution in [3.8, 4) is 5.75 Å². The lowest BCUT2D eigenvalue weighted by Gasteiger charge is -2.27. The number of thioether (sulfide) groups is 2. The van der Waals surface area contributed by atoms with Crippen LogP contribution in [0.3, 0.4) is 0 Å². The smallest absolute Gasteiger partial charge is 0.266 e. The van der Waals surface area contributed by atoms with Crippen molar-refractivity contribution in [1.29, 1.82) is 0 Å². The highest BCUT2D eigenvalue weighted by Crippen LogP contribution is 2.35. The first-order valence-corrected chi connectivity index (χ1v) is 9.70. The van der Waals surface area contributed by atoms with E-state index >= 15 is 0 Å². The fourth-order valence-electron chi connectivity index (χ4n) is 2.21. The molecule has 0 spiro atoms. The molecule has 1 atom stereocenters. The number of carboxylic acids is 1. The van der Waals surface area contributed by atoms with Crippen molar-refractivity contribution in [3.63, 3.8) is 0 Å². The summed E-state index contributed by atoms with van der Waals surface area (Å²) in [5, 5.41) is 11.4. The fraction of sp³-hybridized carbons (Fsp3) is 0.312. The third-order valence-corrected chi connectivity index (χ3v) is 5.37. The highest BCUT2D eigenvalue weighted by molar-refractivity contribution is 8.26. The van der Waals surface area contributed by atoms with Gasteiger partial charge in [0.25, 0.3) is 5.91 Å². The lowest BCUT2D eigenvalue weighted by molar-refractivity contribution is -0.310. The van der Waals surface area contributed by atoms with Crippen LogP contribution in [0.15, 0.2) is 29.2 Å². The van der Waals surface area contributed by atoms with Crippen LogP contribution >= 0.6 is 35.7 Å². The van der Waals surface area contributed by atoms with Crippen molar-refractivity contribution in [3.05, 3.63) is 34.7 Å². The van der Waals surface area contributed by atoms with Crippen LogP contribution in [0.1, 0.15) is 12.0 Å². The maximum absolute atomic E-state index is 12.6. The standard InChI is InChI=1S/C16H17NO4S3/c1-21-11-5-3-4-10(8-11)9-13-14(18)17(16(22)24-13)12(15(19)20)6-7-23-2/h3-5,8-9,12H,6-7H2,1-2H3,(H,19,20)/p-1/b13-9-/t12-/m1/s1. The Hall–Kier alpha value is -1.51. The molecule has 0 N–H and O–H groups in total. The number of carboxylic acid groups (broad SMARTS) is 1. The van der Waals surface area contributed by atoms with E-state index in [4.69, 9.17) is 17.0 Å². The van der Waals surface area contributed by atoms with E-state index in [0.717, 1.165) is 22.2 Å². The summed E-state index contributed by atoms with van der Waals surface area (Å²) in [6, 6.07) is 6.20. The molecule has 128 valence electrons. The van der Waals surface area contributed by atoms with Crippen LogP contribution < -0.4 is 9.84 Å². The van der Waals surface area contributed by atoms with Crippen molar-refractivity contribution >= 4 is 58.0 Å². The van der Waals surface area contributed by atoms with Crippen LogP contribution in [-0.4, -0.2) is 46.3 Å². The summed E-state index contributed by atoms with van der Waals surface area (Å²) in [5.74, 6) is -0.414. The number of nitrogens with zero attached hydrogens (tertiary/aromatic N) is 1. The Kier molecular flexibility index (Phi) is 6.70. The summed E-state index contributed by atoms with van der Waals surface area (Å²) in [6.45, 7) is 0. The van der Waals surface area contributed by atoms with Gasteiger partial charge in [-0.1, -0.05) is 36.1 Å². The van der Waals surface area contributed by atoms with Crippen LogP contribution in [0.5, 0.6) is 5.75 Å². The summed E-state index contributed by atoms with van der Waals surface area (Å²) in [7, 11) is 1.56. The average molecular weight is 383 g/mol. The van der Waals surface area contributed by atoms with Gasteiger partial charge in [-0.3, -0.25) is 9.69 Å². The van der Waals surface area contributed by atoms with Gasteiger partial charge < -0.3 is 14.6 Å². The van der Waals surface area contributed by atoms with Gasteiger partial charge in [-0.15, -0.1) is 0 Å². The predicted octanol–water partition coefficient (Wildman–Crippen LogP) is 1.77. The zero-order valence-corrected chi connectivity index (χ0v) is 15.6. The summed E-state index contributed by atoms with van der Waals surface area (Å²) < 4.78 is 5.40. The van der Waals surface area contributed by atoms with Gasteiger partial charge in [-0.25, -0.2) is 0 Å². The number of carbonyl (C=O) groups is 2. The molecule has 5 nitrogen and oxygen atoms in total. The monoisotopic (exact) mass is 382 g/mol. The molecule has 1 fully saturated rings. The molecule has 24 heavy (non-hydrogen) atoms. The zero-order chi connectivity index (χ0) is 17.7. The fourth-order valence-corrected chi connectivity index (χ4v) is 4.03. The van der Waals surface area contributed by atoms with E-state index in [9.17, 15) is 14.7 Å². The number of thiocarbonyl (C=S) groups is 1. The normalized spacial score (nSPS) is 17.4. The second-order valence-electron chi connectivity index (χ2n) is 4.94. The molecule has 0 saturated carbocycles. The molecule has 8 heteroatoms. The van der Waals surface area contributed by atoms with Gasteiger partial charge in [0.1, 0.15) is 10.1 Å². The molecule has 2 rings (SSSR count). The van der Waals surface area contributed by atoms with E-state index in [2.05, 4.69) is 0 Å². The molecular formula is C16H16NO4S3-. The minimum Gasteiger partial charge on any atom is -0.548 e.